The first kappa shape index (κ1) is 11.8. The van der Waals surface area contributed by atoms with E-state index in [1.807, 2.05) is 12.4 Å². The van der Waals surface area contributed by atoms with E-state index in [1.165, 1.54) is 24.0 Å². The maximum absolute atomic E-state index is 4.72. The number of rotatable bonds is 5. The molecule has 0 bridgehead atoms. The van der Waals surface area contributed by atoms with E-state index in [4.69, 9.17) is 4.98 Å². The molecule has 0 unspecified atom stereocenters. The van der Waals surface area contributed by atoms with Crippen LogP contribution in [-0.4, -0.2) is 16.0 Å². The molecule has 3 rings (SSSR count). The van der Waals surface area contributed by atoms with Gasteiger partial charge in [-0.25, -0.2) is 4.98 Å². The summed E-state index contributed by atoms with van der Waals surface area (Å²) in [4.78, 5) is 8.90. The maximum atomic E-state index is 4.72. The summed E-state index contributed by atoms with van der Waals surface area (Å²) in [6.07, 6.45) is 7.43. The molecule has 0 amide bonds. The number of nitrogens with zero attached hydrogens (tertiary/aromatic N) is 2. The van der Waals surface area contributed by atoms with Crippen LogP contribution in [0.2, 0.25) is 0 Å². The predicted molar refractivity (Wildman–Crippen MR) is 74.6 cm³/mol. The van der Waals surface area contributed by atoms with Crippen molar-refractivity contribution in [1.29, 1.82) is 0 Å². The Balaban J connectivity index is 1.78. The van der Waals surface area contributed by atoms with Crippen LogP contribution in [-0.2, 0) is 13.0 Å². The van der Waals surface area contributed by atoms with Crippen molar-refractivity contribution in [2.75, 3.05) is 0 Å². The van der Waals surface area contributed by atoms with E-state index < -0.39 is 0 Å². The average molecular weight is 259 g/mol. The zero-order valence-corrected chi connectivity index (χ0v) is 11.3. The smallest absolute Gasteiger partial charge is 0.124 e. The van der Waals surface area contributed by atoms with Gasteiger partial charge in [-0.2, -0.15) is 0 Å². The molecule has 4 heteroatoms. The van der Waals surface area contributed by atoms with Crippen LogP contribution < -0.4 is 5.32 Å². The Bertz CT molecular complexity index is 531. The lowest BCUT2D eigenvalue weighted by atomic mass is 10.1. The Morgan fingerprint density at radius 1 is 1.44 bits per heavy atom. The topological polar surface area (TPSA) is 37.8 Å². The first-order valence-electron chi connectivity index (χ1n) is 6.48. The third-order valence-electron chi connectivity index (χ3n) is 3.22. The molecule has 0 atom stereocenters. The quantitative estimate of drug-likeness (QED) is 0.897. The second-order valence-electron chi connectivity index (χ2n) is 4.69. The number of aromatic nitrogens is 2. The van der Waals surface area contributed by atoms with E-state index in [1.54, 1.807) is 11.3 Å². The monoisotopic (exact) mass is 259 g/mol. The Hall–Kier alpha value is -1.26. The van der Waals surface area contributed by atoms with Gasteiger partial charge in [-0.15, -0.1) is 11.3 Å². The highest BCUT2D eigenvalue weighted by molar-refractivity contribution is 7.13. The zero-order valence-electron chi connectivity index (χ0n) is 10.5. The third-order valence-corrected chi connectivity index (χ3v) is 4.14. The molecule has 2 aromatic heterocycles. The summed E-state index contributed by atoms with van der Waals surface area (Å²) in [5.41, 5.74) is 3.66. The van der Waals surface area contributed by atoms with E-state index in [2.05, 4.69) is 28.7 Å². The van der Waals surface area contributed by atoms with E-state index in [9.17, 15) is 0 Å². The van der Waals surface area contributed by atoms with Crippen molar-refractivity contribution >= 4 is 11.3 Å². The van der Waals surface area contributed by atoms with Crippen LogP contribution in [0.25, 0.3) is 10.6 Å². The molecule has 0 radical (unpaired) electrons. The molecule has 94 valence electrons. The maximum Gasteiger partial charge on any atom is 0.124 e. The normalized spacial score (nSPS) is 14.9. The fraction of sp³-hybridized carbons (Fsp3) is 0.429. The lowest BCUT2D eigenvalue weighted by Crippen LogP contribution is -2.15. The summed E-state index contributed by atoms with van der Waals surface area (Å²) in [6.45, 7) is 3.05. The minimum Gasteiger partial charge on any atom is -0.308 e. The summed E-state index contributed by atoms with van der Waals surface area (Å²) < 4.78 is 0. The Labute approximate surface area is 111 Å². The van der Waals surface area contributed by atoms with Gasteiger partial charge in [0.1, 0.15) is 5.01 Å². The van der Waals surface area contributed by atoms with Gasteiger partial charge in [-0.1, -0.05) is 6.92 Å². The minimum absolute atomic E-state index is 0.738. The molecule has 0 saturated heterocycles. The summed E-state index contributed by atoms with van der Waals surface area (Å²) in [5.74, 6) is 0. The van der Waals surface area contributed by atoms with Gasteiger partial charge in [-0.3, -0.25) is 4.98 Å². The molecule has 1 aliphatic carbocycles. The molecule has 1 aliphatic rings. The van der Waals surface area contributed by atoms with Gasteiger partial charge in [-0.05, 0) is 30.9 Å². The third kappa shape index (κ3) is 2.60. The van der Waals surface area contributed by atoms with Crippen LogP contribution in [0.5, 0.6) is 0 Å². The predicted octanol–water partition coefficient (Wildman–Crippen LogP) is 3.02. The standard InChI is InChI=1S/C14H17N3S/c1-2-10-7-15-6-5-13(10)14-17-12(9-18-14)8-16-11-3-4-11/h5-7,9,11,16H,2-4,8H2,1H3. The lowest BCUT2D eigenvalue weighted by molar-refractivity contribution is 0.678. The number of hydrogen-bond acceptors (Lipinski definition) is 4. The van der Waals surface area contributed by atoms with Crippen molar-refractivity contribution in [3.63, 3.8) is 0 Å². The van der Waals surface area contributed by atoms with Crippen molar-refractivity contribution in [3.05, 3.63) is 35.1 Å². The van der Waals surface area contributed by atoms with Crippen molar-refractivity contribution in [1.82, 2.24) is 15.3 Å². The van der Waals surface area contributed by atoms with Crippen molar-refractivity contribution in [3.8, 4) is 10.6 Å². The number of nitrogens with one attached hydrogen (secondary N) is 1. The molecular formula is C14H17N3S. The molecular weight excluding hydrogens is 242 g/mol. The van der Waals surface area contributed by atoms with Crippen molar-refractivity contribution in [2.45, 2.75) is 38.8 Å². The molecule has 2 aromatic rings. The van der Waals surface area contributed by atoms with Crippen LogP contribution in [0, 0.1) is 0 Å². The fourth-order valence-corrected chi connectivity index (χ4v) is 2.85. The Morgan fingerprint density at radius 3 is 3.11 bits per heavy atom. The Kier molecular flexibility index (Phi) is 3.39. The van der Waals surface area contributed by atoms with Gasteiger partial charge in [0.05, 0.1) is 5.69 Å². The van der Waals surface area contributed by atoms with Crippen LogP contribution in [0.4, 0.5) is 0 Å². The van der Waals surface area contributed by atoms with Gasteiger partial charge in [0.2, 0.25) is 0 Å². The second-order valence-corrected chi connectivity index (χ2v) is 5.54. The zero-order chi connectivity index (χ0) is 12.4. The highest BCUT2D eigenvalue weighted by Crippen LogP contribution is 2.27. The number of aryl methyl sites for hydroxylation is 1. The first-order chi connectivity index (χ1) is 8.86. The van der Waals surface area contributed by atoms with Crippen LogP contribution in [0.3, 0.4) is 0 Å². The number of pyridine rings is 1. The van der Waals surface area contributed by atoms with Gasteiger partial charge in [0.25, 0.3) is 0 Å². The van der Waals surface area contributed by atoms with Gasteiger partial charge < -0.3 is 5.32 Å². The van der Waals surface area contributed by atoms with Crippen LogP contribution in [0.1, 0.15) is 31.0 Å². The van der Waals surface area contributed by atoms with Gasteiger partial charge in [0.15, 0.2) is 0 Å². The lowest BCUT2D eigenvalue weighted by Gasteiger charge is -2.03. The van der Waals surface area contributed by atoms with Crippen LogP contribution in [0.15, 0.2) is 23.8 Å². The molecule has 18 heavy (non-hydrogen) atoms. The largest absolute Gasteiger partial charge is 0.308 e. The molecule has 2 heterocycles. The molecule has 3 nitrogen and oxygen atoms in total. The van der Waals surface area contributed by atoms with Gasteiger partial charge in [0, 0.05) is 35.9 Å². The molecule has 0 aliphatic heterocycles. The minimum atomic E-state index is 0.738. The number of thiazole rings is 1. The molecule has 1 N–H and O–H groups in total. The SMILES string of the molecule is CCc1cnccc1-c1nc(CNC2CC2)cs1. The van der Waals surface area contributed by atoms with Crippen molar-refractivity contribution < 1.29 is 0 Å². The summed E-state index contributed by atoms with van der Waals surface area (Å²) in [6, 6.07) is 2.80. The van der Waals surface area contributed by atoms with Crippen molar-refractivity contribution in [2.24, 2.45) is 0 Å². The fourth-order valence-electron chi connectivity index (χ4n) is 1.97. The van der Waals surface area contributed by atoms with Crippen LogP contribution >= 0.6 is 11.3 Å². The highest BCUT2D eigenvalue weighted by atomic mass is 32.1. The molecule has 1 fully saturated rings. The first-order valence-corrected chi connectivity index (χ1v) is 7.36. The molecule has 0 aromatic carbocycles. The second kappa shape index (κ2) is 5.16. The summed E-state index contributed by atoms with van der Waals surface area (Å²) in [7, 11) is 0. The Morgan fingerprint density at radius 2 is 2.33 bits per heavy atom. The van der Waals surface area contributed by atoms with E-state index in [0.717, 1.165) is 29.7 Å². The molecule has 0 spiro atoms. The molecule has 1 saturated carbocycles. The van der Waals surface area contributed by atoms with Gasteiger partial charge >= 0.3 is 0 Å². The summed E-state index contributed by atoms with van der Waals surface area (Å²) >= 11 is 1.73. The van der Waals surface area contributed by atoms with E-state index >= 15 is 0 Å². The highest BCUT2D eigenvalue weighted by Gasteiger charge is 2.20. The van der Waals surface area contributed by atoms with E-state index in [0.29, 0.717) is 0 Å². The summed E-state index contributed by atoms with van der Waals surface area (Å²) in [5, 5.41) is 6.77. The average Bonchev–Trinajstić information content (AvgIpc) is 3.13. The number of hydrogen-bond donors (Lipinski definition) is 1. The van der Waals surface area contributed by atoms with E-state index in [-0.39, 0.29) is 0 Å².